The number of hydrogen-bond donors (Lipinski definition) is 0. The predicted molar refractivity (Wildman–Crippen MR) is 117 cm³/mol. The number of nitrogens with zero attached hydrogens (tertiary/aromatic N) is 2. The van der Waals surface area contributed by atoms with Crippen LogP contribution >= 0.6 is 0 Å². The van der Waals surface area contributed by atoms with Gasteiger partial charge < -0.3 is 9.47 Å². The zero-order chi connectivity index (χ0) is 23.1. The van der Waals surface area contributed by atoms with Gasteiger partial charge in [0.1, 0.15) is 12.4 Å². The molecule has 3 rings (SSSR count). The number of esters is 1. The van der Waals surface area contributed by atoms with E-state index >= 15 is 0 Å². The van der Waals surface area contributed by atoms with Crippen molar-refractivity contribution in [3.8, 4) is 5.75 Å². The first kappa shape index (κ1) is 23.7. The van der Waals surface area contributed by atoms with Crippen LogP contribution in [0.4, 0.5) is 5.69 Å². The highest BCUT2D eigenvalue weighted by atomic mass is 32.2. The molecule has 0 aromatic heterocycles. The lowest BCUT2D eigenvalue weighted by atomic mass is 10.1. The van der Waals surface area contributed by atoms with Gasteiger partial charge in [-0.1, -0.05) is 18.6 Å². The fourth-order valence-electron chi connectivity index (χ4n) is 3.55. The highest BCUT2D eigenvalue weighted by molar-refractivity contribution is 7.89. The summed E-state index contributed by atoms with van der Waals surface area (Å²) in [6, 6.07) is 10.6. The zero-order valence-corrected chi connectivity index (χ0v) is 18.7. The molecule has 1 saturated heterocycles. The molecule has 1 heterocycles. The third-order valence-corrected chi connectivity index (χ3v) is 7.27. The number of aryl methyl sites for hydroxylation is 1. The van der Waals surface area contributed by atoms with E-state index in [2.05, 4.69) is 0 Å². The van der Waals surface area contributed by atoms with Crippen molar-refractivity contribution in [3.63, 3.8) is 0 Å². The summed E-state index contributed by atoms with van der Waals surface area (Å²) in [4.78, 5) is 22.8. The smallest absolute Gasteiger partial charge is 0.306 e. The van der Waals surface area contributed by atoms with Crippen LogP contribution in [0.3, 0.4) is 0 Å². The summed E-state index contributed by atoms with van der Waals surface area (Å²) in [6.07, 6.45) is 3.28. The van der Waals surface area contributed by atoms with Crippen LogP contribution in [0.2, 0.25) is 0 Å². The summed E-state index contributed by atoms with van der Waals surface area (Å²) in [5, 5.41) is 10.9. The van der Waals surface area contributed by atoms with Crippen molar-refractivity contribution in [2.75, 3.05) is 20.2 Å². The average Bonchev–Trinajstić information content (AvgIpc) is 2.82. The highest BCUT2D eigenvalue weighted by Crippen LogP contribution is 2.25. The van der Waals surface area contributed by atoms with Gasteiger partial charge in [0.2, 0.25) is 10.0 Å². The van der Waals surface area contributed by atoms with Crippen LogP contribution < -0.4 is 4.74 Å². The van der Waals surface area contributed by atoms with Gasteiger partial charge in [-0.3, -0.25) is 14.9 Å². The van der Waals surface area contributed by atoms with E-state index in [4.69, 9.17) is 9.47 Å². The van der Waals surface area contributed by atoms with E-state index < -0.39 is 20.9 Å². The molecule has 9 nitrogen and oxygen atoms in total. The molecule has 0 amide bonds. The molecule has 0 bridgehead atoms. The monoisotopic (exact) mass is 462 g/mol. The van der Waals surface area contributed by atoms with Crippen LogP contribution in [0.5, 0.6) is 5.75 Å². The largest absolute Gasteiger partial charge is 0.496 e. The molecule has 0 unspecified atom stereocenters. The van der Waals surface area contributed by atoms with Crippen LogP contribution in [0, 0.1) is 10.1 Å². The van der Waals surface area contributed by atoms with E-state index in [0.29, 0.717) is 30.8 Å². The molecule has 0 aliphatic carbocycles. The summed E-state index contributed by atoms with van der Waals surface area (Å²) in [6.45, 7) is 0.952. The normalized spacial score (nSPS) is 14.7. The third kappa shape index (κ3) is 5.83. The standard InChI is InChI=1S/C22H26N2O7S/c1-30-21-11-8-19(24(26)27)15-18(21)16-31-22(25)12-7-17-5-9-20(10-6-17)32(28,29)23-13-3-2-4-14-23/h5-6,8-11,15H,2-4,7,12-14,16H2,1H3. The van der Waals surface area contributed by atoms with Gasteiger partial charge in [0.25, 0.3) is 5.69 Å². The average molecular weight is 463 g/mol. The number of carbonyl (C=O) groups is 1. The van der Waals surface area contributed by atoms with Crippen LogP contribution in [0.25, 0.3) is 0 Å². The molecular formula is C22H26N2O7S. The van der Waals surface area contributed by atoms with Crippen molar-refractivity contribution >= 4 is 21.7 Å². The summed E-state index contributed by atoms with van der Waals surface area (Å²) in [7, 11) is -2.05. The molecule has 0 spiro atoms. The number of piperidine rings is 1. The Morgan fingerprint density at radius 3 is 2.41 bits per heavy atom. The minimum atomic E-state index is -3.48. The molecule has 0 saturated carbocycles. The maximum absolute atomic E-state index is 12.7. The summed E-state index contributed by atoms with van der Waals surface area (Å²) < 4.78 is 37.3. The number of hydrogen-bond acceptors (Lipinski definition) is 7. The topological polar surface area (TPSA) is 116 Å². The minimum Gasteiger partial charge on any atom is -0.496 e. The molecule has 0 atom stereocenters. The first-order chi connectivity index (χ1) is 15.3. The first-order valence-electron chi connectivity index (χ1n) is 10.4. The van der Waals surface area contributed by atoms with Crippen molar-refractivity contribution in [1.29, 1.82) is 0 Å². The molecule has 1 fully saturated rings. The SMILES string of the molecule is COc1ccc([N+](=O)[O-])cc1COC(=O)CCc1ccc(S(=O)(=O)N2CCCCC2)cc1. The first-order valence-corrected chi connectivity index (χ1v) is 11.8. The Kier molecular flexibility index (Phi) is 7.81. The Morgan fingerprint density at radius 1 is 1.09 bits per heavy atom. The van der Waals surface area contributed by atoms with Gasteiger partial charge >= 0.3 is 5.97 Å². The van der Waals surface area contributed by atoms with Crippen molar-refractivity contribution < 1.29 is 27.6 Å². The van der Waals surface area contributed by atoms with Crippen LogP contribution in [0.1, 0.15) is 36.8 Å². The summed E-state index contributed by atoms with van der Waals surface area (Å²) >= 11 is 0. The Balaban J connectivity index is 1.54. The number of sulfonamides is 1. The highest BCUT2D eigenvalue weighted by Gasteiger charge is 2.25. The van der Waals surface area contributed by atoms with E-state index in [1.807, 2.05) is 0 Å². The fourth-order valence-corrected chi connectivity index (χ4v) is 5.07. The quantitative estimate of drug-likeness (QED) is 0.318. The van der Waals surface area contributed by atoms with E-state index in [0.717, 1.165) is 24.8 Å². The molecular weight excluding hydrogens is 436 g/mol. The molecule has 172 valence electrons. The van der Waals surface area contributed by atoms with E-state index in [1.165, 1.54) is 29.6 Å². The minimum absolute atomic E-state index is 0.0927. The number of rotatable bonds is 9. The molecule has 2 aromatic carbocycles. The van der Waals surface area contributed by atoms with Gasteiger partial charge in [0.15, 0.2) is 0 Å². The van der Waals surface area contributed by atoms with Gasteiger partial charge in [-0.15, -0.1) is 0 Å². The number of nitro benzene ring substituents is 1. The van der Waals surface area contributed by atoms with E-state index in [1.54, 1.807) is 24.3 Å². The van der Waals surface area contributed by atoms with Crippen LogP contribution in [-0.4, -0.2) is 43.8 Å². The van der Waals surface area contributed by atoms with Gasteiger partial charge in [0.05, 0.1) is 16.9 Å². The van der Waals surface area contributed by atoms with Crippen molar-refractivity contribution in [2.45, 2.75) is 43.6 Å². The second-order valence-electron chi connectivity index (χ2n) is 7.52. The summed E-state index contributed by atoms with van der Waals surface area (Å²) in [5.74, 6) is -0.0718. The van der Waals surface area contributed by atoms with Crippen molar-refractivity contribution in [2.24, 2.45) is 0 Å². The molecule has 10 heteroatoms. The van der Waals surface area contributed by atoms with Gasteiger partial charge in [-0.2, -0.15) is 4.31 Å². The number of nitro groups is 1. The number of non-ortho nitro benzene ring substituents is 1. The maximum Gasteiger partial charge on any atom is 0.306 e. The molecule has 2 aromatic rings. The lowest BCUT2D eigenvalue weighted by molar-refractivity contribution is -0.385. The van der Waals surface area contributed by atoms with Gasteiger partial charge in [0, 0.05) is 37.2 Å². The Morgan fingerprint density at radius 2 is 1.78 bits per heavy atom. The number of ether oxygens (including phenoxy) is 2. The van der Waals surface area contributed by atoms with Crippen LogP contribution in [-0.2, 0) is 32.6 Å². The van der Waals surface area contributed by atoms with E-state index in [9.17, 15) is 23.3 Å². The van der Waals surface area contributed by atoms with Crippen LogP contribution in [0.15, 0.2) is 47.4 Å². The van der Waals surface area contributed by atoms with Crippen molar-refractivity contribution in [1.82, 2.24) is 4.31 Å². The lowest BCUT2D eigenvalue weighted by Crippen LogP contribution is -2.35. The lowest BCUT2D eigenvalue weighted by Gasteiger charge is -2.25. The Labute approximate surface area is 187 Å². The molecule has 0 radical (unpaired) electrons. The van der Waals surface area contributed by atoms with Gasteiger partial charge in [-0.25, -0.2) is 8.42 Å². The maximum atomic E-state index is 12.7. The Bertz CT molecular complexity index is 1060. The molecule has 0 N–H and O–H groups in total. The fraction of sp³-hybridized carbons (Fsp3) is 0.409. The third-order valence-electron chi connectivity index (χ3n) is 5.36. The Hall–Kier alpha value is -2.98. The second kappa shape index (κ2) is 10.6. The molecule has 32 heavy (non-hydrogen) atoms. The number of benzene rings is 2. The number of methoxy groups -OCH3 is 1. The second-order valence-corrected chi connectivity index (χ2v) is 9.46. The molecule has 1 aliphatic heterocycles. The molecule has 1 aliphatic rings. The summed E-state index contributed by atoms with van der Waals surface area (Å²) in [5.41, 5.74) is 1.10. The van der Waals surface area contributed by atoms with Crippen molar-refractivity contribution in [3.05, 3.63) is 63.7 Å². The number of carbonyl (C=O) groups excluding carboxylic acids is 1. The van der Waals surface area contributed by atoms with Gasteiger partial charge in [-0.05, 0) is 43.0 Å². The predicted octanol–water partition coefficient (Wildman–Crippen LogP) is 3.45. The zero-order valence-electron chi connectivity index (χ0n) is 17.9. The van der Waals surface area contributed by atoms with E-state index in [-0.39, 0.29) is 23.6 Å².